The summed E-state index contributed by atoms with van der Waals surface area (Å²) in [7, 11) is 0. The summed E-state index contributed by atoms with van der Waals surface area (Å²) in [5.41, 5.74) is 0.757. The lowest BCUT2D eigenvalue weighted by molar-refractivity contribution is 0.589. The molecule has 1 rings (SSSR count). The van der Waals surface area contributed by atoms with Crippen LogP contribution in [0.5, 0.6) is 0 Å². The summed E-state index contributed by atoms with van der Waals surface area (Å²) in [5, 5.41) is 11.6. The van der Waals surface area contributed by atoms with Crippen LogP contribution in [-0.4, -0.2) is 13.1 Å². The van der Waals surface area contributed by atoms with Gasteiger partial charge in [-0.25, -0.2) is 4.39 Å². The van der Waals surface area contributed by atoms with Crippen LogP contribution in [0.3, 0.4) is 0 Å². The average Bonchev–Trinajstić information content (AvgIpc) is 2.30. The molecule has 16 heavy (non-hydrogen) atoms. The van der Waals surface area contributed by atoms with Gasteiger partial charge in [0, 0.05) is 6.42 Å². The molecule has 0 aliphatic rings. The van der Waals surface area contributed by atoms with E-state index in [9.17, 15) is 4.39 Å². The van der Waals surface area contributed by atoms with Crippen LogP contribution in [0.1, 0.15) is 24.8 Å². The minimum atomic E-state index is -0.131. The van der Waals surface area contributed by atoms with Gasteiger partial charge in [0.25, 0.3) is 0 Å². The quantitative estimate of drug-likeness (QED) is 0.717. The number of nitrogens with zero attached hydrogens (tertiary/aromatic N) is 1. The molecule has 0 fully saturated rings. The molecule has 0 saturated carbocycles. The molecule has 3 heteroatoms. The van der Waals surface area contributed by atoms with Crippen molar-refractivity contribution < 1.29 is 4.39 Å². The molecule has 0 amide bonds. The van der Waals surface area contributed by atoms with Gasteiger partial charge in [0.15, 0.2) is 0 Å². The smallest absolute Gasteiger partial charge is 0.126 e. The highest BCUT2D eigenvalue weighted by atomic mass is 19.1. The van der Waals surface area contributed by atoms with Crippen LogP contribution in [-0.2, 0) is 6.42 Å². The highest BCUT2D eigenvalue weighted by molar-refractivity contribution is 5.17. The maximum absolute atomic E-state index is 13.2. The summed E-state index contributed by atoms with van der Waals surface area (Å²) >= 11 is 0. The maximum atomic E-state index is 13.2. The van der Waals surface area contributed by atoms with Crippen molar-refractivity contribution in [2.24, 2.45) is 0 Å². The van der Waals surface area contributed by atoms with E-state index in [-0.39, 0.29) is 5.82 Å². The Morgan fingerprint density at radius 1 is 1.19 bits per heavy atom. The van der Waals surface area contributed by atoms with Crippen molar-refractivity contribution in [1.82, 2.24) is 5.32 Å². The van der Waals surface area contributed by atoms with E-state index < -0.39 is 0 Å². The molecule has 1 N–H and O–H groups in total. The molecule has 0 unspecified atom stereocenters. The fourth-order valence-electron chi connectivity index (χ4n) is 1.50. The van der Waals surface area contributed by atoms with E-state index in [4.69, 9.17) is 5.26 Å². The van der Waals surface area contributed by atoms with Crippen LogP contribution in [0.4, 0.5) is 4.39 Å². The number of unbranched alkanes of at least 4 members (excludes halogenated alkanes) is 2. The Hall–Kier alpha value is -1.40. The van der Waals surface area contributed by atoms with Gasteiger partial charge in [-0.15, -0.1) is 0 Å². The SMILES string of the molecule is N#CCCCCNCCc1ccccc1F. The largest absolute Gasteiger partial charge is 0.316 e. The average molecular weight is 220 g/mol. The van der Waals surface area contributed by atoms with E-state index in [1.54, 1.807) is 6.07 Å². The zero-order valence-electron chi connectivity index (χ0n) is 9.38. The molecule has 0 bridgehead atoms. The molecule has 1 aromatic carbocycles. The summed E-state index contributed by atoms with van der Waals surface area (Å²) in [5.74, 6) is -0.131. The van der Waals surface area contributed by atoms with Crippen LogP contribution in [0.25, 0.3) is 0 Å². The van der Waals surface area contributed by atoms with Crippen LogP contribution in [0.2, 0.25) is 0 Å². The van der Waals surface area contributed by atoms with Gasteiger partial charge in [-0.3, -0.25) is 0 Å². The number of nitriles is 1. The molecule has 0 heterocycles. The highest BCUT2D eigenvalue weighted by Gasteiger charge is 1.99. The highest BCUT2D eigenvalue weighted by Crippen LogP contribution is 2.06. The van der Waals surface area contributed by atoms with Crippen molar-refractivity contribution in [3.05, 3.63) is 35.6 Å². The minimum absolute atomic E-state index is 0.131. The fraction of sp³-hybridized carbons (Fsp3) is 0.462. The third-order valence-electron chi connectivity index (χ3n) is 2.42. The van der Waals surface area contributed by atoms with Crippen molar-refractivity contribution in [2.45, 2.75) is 25.7 Å². The zero-order chi connectivity index (χ0) is 11.6. The first-order chi connectivity index (χ1) is 7.84. The Balaban J connectivity index is 2.08. The molecule has 0 aliphatic carbocycles. The van der Waals surface area contributed by atoms with E-state index in [1.165, 1.54) is 6.07 Å². The van der Waals surface area contributed by atoms with E-state index in [0.29, 0.717) is 12.8 Å². The summed E-state index contributed by atoms with van der Waals surface area (Å²) in [6.45, 7) is 1.68. The lowest BCUT2D eigenvalue weighted by atomic mass is 10.1. The lowest BCUT2D eigenvalue weighted by Gasteiger charge is -2.04. The van der Waals surface area contributed by atoms with Crippen LogP contribution in [0.15, 0.2) is 24.3 Å². The van der Waals surface area contributed by atoms with Gasteiger partial charge in [-0.1, -0.05) is 18.2 Å². The molecule has 0 aromatic heterocycles. The van der Waals surface area contributed by atoms with Gasteiger partial charge in [-0.2, -0.15) is 5.26 Å². The number of rotatable bonds is 7. The second kappa shape index (κ2) is 7.84. The number of hydrogen-bond donors (Lipinski definition) is 1. The summed E-state index contributed by atoms with van der Waals surface area (Å²) in [6, 6.07) is 8.97. The molecular formula is C13H17FN2. The van der Waals surface area contributed by atoms with Crippen LogP contribution < -0.4 is 5.32 Å². The van der Waals surface area contributed by atoms with Gasteiger partial charge in [0.05, 0.1) is 6.07 Å². The number of halogens is 1. The standard InChI is InChI=1S/C13H17FN2/c14-13-7-3-2-6-12(13)8-11-16-10-5-1-4-9-15/h2-3,6-7,16H,1,4-5,8,10-11H2. The van der Waals surface area contributed by atoms with E-state index in [1.807, 2.05) is 12.1 Å². The van der Waals surface area contributed by atoms with E-state index >= 15 is 0 Å². The predicted octanol–water partition coefficient (Wildman–Crippen LogP) is 2.65. The van der Waals surface area contributed by atoms with Gasteiger partial charge in [-0.05, 0) is 44.0 Å². The molecular weight excluding hydrogens is 203 g/mol. The van der Waals surface area contributed by atoms with Crippen molar-refractivity contribution in [3.8, 4) is 6.07 Å². The van der Waals surface area contributed by atoms with Crippen molar-refractivity contribution in [1.29, 1.82) is 5.26 Å². The first kappa shape index (κ1) is 12.7. The Morgan fingerprint density at radius 3 is 2.75 bits per heavy atom. The Labute approximate surface area is 96.1 Å². The summed E-state index contributed by atoms with van der Waals surface area (Å²) in [4.78, 5) is 0. The van der Waals surface area contributed by atoms with Crippen molar-refractivity contribution in [3.63, 3.8) is 0 Å². The van der Waals surface area contributed by atoms with E-state index in [2.05, 4.69) is 11.4 Å². The second-order valence-corrected chi connectivity index (χ2v) is 3.71. The van der Waals surface area contributed by atoms with Gasteiger partial charge in [0.2, 0.25) is 0 Å². The second-order valence-electron chi connectivity index (χ2n) is 3.71. The van der Waals surface area contributed by atoms with Crippen LogP contribution in [0, 0.1) is 17.1 Å². The molecule has 0 aliphatic heterocycles. The summed E-state index contributed by atoms with van der Waals surface area (Å²) < 4.78 is 13.2. The maximum Gasteiger partial charge on any atom is 0.126 e. The van der Waals surface area contributed by atoms with Gasteiger partial charge >= 0.3 is 0 Å². The molecule has 0 spiro atoms. The minimum Gasteiger partial charge on any atom is -0.316 e. The topological polar surface area (TPSA) is 35.8 Å². The number of nitrogens with one attached hydrogen (secondary N) is 1. The molecule has 0 radical (unpaired) electrons. The summed E-state index contributed by atoms with van der Waals surface area (Å²) in [6.07, 6.45) is 3.27. The Morgan fingerprint density at radius 2 is 2.00 bits per heavy atom. The lowest BCUT2D eigenvalue weighted by Crippen LogP contribution is -2.18. The normalized spacial score (nSPS) is 10.0. The third kappa shape index (κ3) is 4.90. The van der Waals surface area contributed by atoms with Gasteiger partial charge in [0.1, 0.15) is 5.82 Å². The first-order valence-electron chi connectivity index (χ1n) is 5.65. The molecule has 0 saturated heterocycles. The first-order valence-corrected chi connectivity index (χ1v) is 5.65. The fourth-order valence-corrected chi connectivity index (χ4v) is 1.50. The number of hydrogen-bond acceptors (Lipinski definition) is 2. The molecule has 2 nitrogen and oxygen atoms in total. The van der Waals surface area contributed by atoms with Crippen LogP contribution >= 0.6 is 0 Å². The van der Waals surface area contributed by atoms with Crippen molar-refractivity contribution in [2.75, 3.05) is 13.1 Å². The number of benzene rings is 1. The van der Waals surface area contributed by atoms with E-state index in [0.717, 1.165) is 31.5 Å². The predicted molar refractivity (Wildman–Crippen MR) is 62.4 cm³/mol. The molecule has 0 atom stereocenters. The Bertz CT molecular complexity index is 344. The monoisotopic (exact) mass is 220 g/mol. The zero-order valence-corrected chi connectivity index (χ0v) is 9.38. The van der Waals surface area contributed by atoms with Crippen molar-refractivity contribution >= 4 is 0 Å². The Kier molecular flexibility index (Phi) is 6.20. The molecule has 1 aromatic rings. The van der Waals surface area contributed by atoms with Gasteiger partial charge < -0.3 is 5.32 Å². The third-order valence-corrected chi connectivity index (χ3v) is 2.42. The molecule has 86 valence electrons.